The molecule has 0 saturated heterocycles. The number of hydrogen-bond acceptors (Lipinski definition) is 4. The van der Waals surface area contributed by atoms with Crippen molar-refractivity contribution in [2.75, 3.05) is 0 Å². The third kappa shape index (κ3) is 3.23. The molecule has 0 aliphatic heterocycles. The van der Waals surface area contributed by atoms with Crippen molar-refractivity contribution in [3.8, 4) is 0 Å². The summed E-state index contributed by atoms with van der Waals surface area (Å²) >= 11 is 6.00. The summed E-state index contributed by atoms with van der Waals surface area (Å²) in [6.07, 6.45) is 3.79. The Kier molecular flexibility index (Phi) is 4.26. The minimum absolute atomic E-state index is 0.320. The number of aryl methyl sites for hydroxylation is 1. The molecule has 0 radical (unpaired) electrons. The van der Waals surface area contributed by atoms with E-state index in [1.165, 1.54) is 12.1 Å². The molecule has 0 aliphatic rings. The highest BCUT2D eigenvalue weighted by Gasteiger charge is 2.12. The Bertz CT molecular complexity index is 1120. The van der Waals surface area contributed by atoms with Crippen LogP contribution < -0.4 is 0 Å². The fraction of sp³-hybridized carbons (Fsp3) is 0.105. The maximum absolute atomic E-state index is 13.1. The van der Waals surface area contributed by atoms with Gasteiger partial charge in [-0.25, -0.2) is 4.39 Å². The van der Waals surface area contributed by atoms with Gasteiger partial charge in [-0.3, -0.25) is 4.68 Å². The minimum Gasteiger partial charge on any atom is -0.421 e. The van der Waals surface area contributed by atoms with E-state index in [4.69, 9.17) is 16.0 Å². The fourth-order valence-corrected chi connectivity index (χ4v) is 3.00. The van der Waals surface area contributed by atoms with Crippen molar-refractivity contribution in [3.05, 3.63) is 76.3 Å². The summed E-state index contributed by atoms with van der Waals surface area (Å²) < 4.78 is 20.6. The second kappa shape index (κ2) is 6.72. The van der Waals surface area contributed by atoms with Gasteiger partial charge < -0.3 is 4.42 Å². The van der Waals surface area contributed by atoms with Crippen LogP contribution in [-0.4, -0.2) is 20.0 Å². The van der Waals surface area contributed by atoms with Gasteiger partial charge >= 0.3 is 0 Å². The van der Waals surface area contributed by atoms with Crippen LogP contribution in [0.1, 0.15) is 23.0 Å². The highest BCUT2D eigenvalue weighted by molar-refractivity contribution is 6.32. The van der Waals surface area contributed by atoms with Crippen LogP contribution in [0.15, 0.2) is 46.9 Å². The van der Waals surface area contributed by atoms with Crippen molar-refractivity contribution in [2.24, 2.45) is 7.05 Å². The molecule has 0 fully saturated rings. The van der Waals surface area contributed by atoms with Gasteiger partial charge in [0.2, 0.25) is 11.8 Å². The number of hydrogen-bond donors (Lipinski definition) is 0. The van der Waals surface area contributed by atoms with Crippen LogP contribution in [-0.2, 0) is 13.5 Å². The maximum atomic E-state index is 13.1. The van der Waals surface area contributed by atoms with Crippen molar-refractivity contribution < 1.29 is 8.81 Å². The first-order valence-corrected chi connectivity index (χ1v) is 8.34. The molecule has 5 nitrogen and oxygen atoms in total. The molecule has 2 aromatic carbocycles. The largest absolute Gasteiger partial charge is 0.421 e. The predicted molar refractivity (Wildman–Crippen MR) is 98.2 cm³/mol. The number of benzene rings is 2. The molecule has 26 heavy (non-hydrogen) atoms. The standard InChI is InChI=1S/C19H14ClFN4O/c1-25-17-5-3-2-4-14(17)16(24-25)11-19-23-22-18(26-19)9-7-12-6-8-13(21)10-15(12)20/h2-10H,11H2,1H3/b9-7+. The van der Waals surface area contributed by atoms with Gasteiger partial charge in [0.1, 0.15) is 5.82 Å². The number of nitrogens with zero attached hydrogens (tertiary/aromatic N) is 4. The topological polar surface area (TPSA) is 56.7 Å². The lowest BCUT2D eigenvalue weighted by Gasteiger charge is -1.96. The smallest absolute Gasteiger partial charge is 0.240 e. The number of fused-ring (bicyclic) bond motifs is 1. The van der Waals surface area contributed by atoms with E-state index in [0.29, 0.717) is 28.8 Å². The Labute approximate surface area is 153 Å². The molecule has 0 atom stereocenters. The Hall–Kier alpha value is -2.99. The quantitative estimate of drug-likeness (QED) is 0.531. The predicted octanol–water partition coefficient (Wildman–Crippen LogP) is 4.51. The monoisotopic (exact) mass is 368 g/mol. The molecule has 0 bridgehead atoms. The summed E-state index contributed by atoms with van der Waals surface area (Å²) in [6, 6.07) is 12.2. The average Bonchev–Trinajstić information content (AvgIpc) is 3.20. The van der Waals surface area contributed by atoms with E-state index in [-0.39, 0.29) is 5.82 Å². The summed E-state index contributed by atoms with van der Waals surface area (Å²) in [5, 5.41) is 14.0. The highest BCUT2D eigenvalue weighted by atomic mass is 35.5. The Balaban J connectivity index is 1.55. The molecular weight excluding hydrogens is 355 g/mol. The van der Waals surface area contributed by atoms with Crippen LogP contribution in [0.25, 0.3) is 23.1 Å². The maximum Gasteiger partial charge on any atom is 0.240 e. The summed E-state index contributed by atoms with van der Waals surface area (Å²) in [6.45, 7) is 0. The Morgan fingerprint density at radius 3 is 2.85 bits per heavy atom. The molecule has 0 unspecified atom stereocenters. The highest BCUT2D eigenvalue weighted by Crippen LogP contribution is 2.21. The van der Waals surface area contributed by atoms with E-state index in [1.807, 2.05) is 36.0 Å². The van der Waals surface area contributed by atoms with Gasteiger partial charge in [-0.05, 0) is 29.8 Å². The lowest BCUT2D eigenvalue weighted by molar-refractivity contribution is 0.494. The molecule has 4 aromatic rings. The number of rotatable bonds is 4. The summed E-state index contributed by atoms with van der Waals surface area (Å²) in [4.78, 5) is 0. The third-order valence-corrected chi connectivity index (χ3v) is 4.33. The number of aromatic nitrogens is 4. The SMILES string of the molecule is Cn1nc(Cc2nnc(/C=C/c3ccc(F)cc3Cl)o2)c2ccccc21. The lowest BCUT2D eigenvalue weighted by Crippen LogP contribution is -1.93. The molecule has 2 heterocycles. The van der Waals surface area contributed by atoms with Crippen LogP contribution in [0.2, 0.25) is 5.02 Å². The summed E-state index contributed by atoms with van der Waals surface area (Å²) in [5.41, 5.74) is 2.60. The van der Waals surface area contributed by atoms with Crippen molar-refractivity contribution in [1.29, 1.82) is 0 Å². The van der Waals surface area contributed by atoms with Crippen LogP contribution >= 0.6 is 11.6 Å². The zero-order valence-electron chi connectivity index (χ0n) is 13.9. The van der Waals surface area contributed by atoms with E-state index in [1.54, 1.807) is 18.2 Å². The second-order valence-electron chi connectivity index (χ2n) is 5.80. The van der Waals surface area contributed by atoms with Crippen LogP contribution in [0.5, 0.6) is 0 Å². The molecule has 0 saturated carbocycles. The Morgan fingerprint density at radius 2 is 2.00 bits per heavy atom. The first-order valence-electron chi connectivity index (χ1n) is 7.96. The van der Waals surface area contributed by atoms with Crippen LogP contribution in [0, 0.1) is 5.82 Å². The second-order valence-corrected chi connectivity index (χ2v) is 6.20. The van der Waals surface area contributed by atoms with Crippen molar-refractivity contribution in [1.82, 2.24) is 20.0 Å². The molecule has 0 aliphatic carbocycles. The number of para-hydroxylation sites is 1. The zero-order valence-corrected chi connectivity index (χ0v) is 14.6. The van der Waals surface area contributed by atoms with Crippen molar-refractivity contribution in [2.45, 2.75) is 6.42 Å². The summed E-state index contributed by atoms with van der Waals surface area (Å²) in [5.74, 6) is 0.439. The molecule has 7 heteroatoms. The molecular formula is C19H14ClFN4O. The van der Waals surface area contributed by atoms with Crippen molar-refractivity contribution in [3.63, 3.8) is 0 Å². The minimum atomic E-state index is -0.380. The molecule has 4 rings (SSSR count). The molecule has 0 amide bonds. The van der Waals surface area contributed by atoms with E-state index in [2.05, 4.69) is 15.3 Å². The summed E-state index contributed by atoms with van der Waals surface area (Å²) in [7, 11) is 1.90. The molecule has 0 spiro atoms. The zero-order chi connectivity index (χ0) is 18.1. The molecule has 0 N–H and O–H groups in total. The van der Waals surface area contributed by atoms with Crippen molar-refractivity contribution >= 4 is 34.7 Å². The van der Waals surface area contributed by atoms with Gasteiger partial charge in [0.15, 0.2) is 0 Å². The van der Waals surface area contributed by atoms with E-state index in [9.17, 15) is 4.39 Å². The van der Waals surface area contributed by atoms with Gasteiger partial charge in [-0.15, -0.1) is 10.2 Å². The van der Waals surface area contributed by atoms with Gasteiger partial charge in [-0.1, -0.05) is 35.9 Å². The first-order chi connectivity index (χ1) is 12.6. The van der Waals surface area contributed by atoms with E-state index >= 15 is 0 Å². The van der Waals surface area contributed by atoms with Gasteiger partial charge in [0.05, 0.1) is 22.7 Å². The van der Waals surface area contributed by atoms with Crippen LogP contribution in [0.4, 0.5) is 4.39 Å². The molecule has 2 aromatic heterocycles. The first kappa shape index (κ1) is 16.5. The Morgan fingerprint density at radius 1 is 1.15 bits per heavy atom. The average molecular weight is 369 g/mol. The van der Waals surface area contributed by atoms with E-state index < -0.39 is 0 Å². The van der Waals surface area contributed by atoms with E-state index in [0.717, 1.165) is 16.6 Å². The molecule has 130 valence electrons. The normalized spacial score (nSPS) is 11.7. The number of halogens is 2. The van der Waals surface area contributed by atoms with Gasteiger partial charge in [0, 0.05) is 18.5 Å². The third-order valence-electron chi connectivity index (χ3n) is 4.00. The fourth-order valence-electron chi connectivity index (χ4n) is 2.77. The lowest BCUT2D eigenvalue weighted by atomic mass is 10.2. The van der Waals surface area contributed by atoms with Crippen LogP contribution in [0.3, 0.4) is 0 Å². The van der Waals surface area contributed by atoms with Gasteiger partial charge in [0.25, 0.3) is 0 Å². The van der Waals surface area contributed by atoms with Gasteiger partial charge in [-0.2, -0.15) is 5.10 Å².